The van der Waals surface area contributed by atoms with Crippen LogP contribution in [0.5, 0.6) is 0 Å². The molecule has 1 rings (SSSR count). The van der Waals surface area contributed by atoms with Crippen molar-refractivity contribution < 1.29 is 30.0 Å². The number of aliphatic hydroxyl groups excluding tert-OH is 2. The molecule has 0 saturated heterocycles. The first kappa shape index (κ1) is 13.4. The summed E-state index contributed by atoms with van der Waals surface area (Å²) in [5, 5.41) is 35.6. The van der Waals surface area contributed by atoms with Crippen LogP contribution in [0.15, 0.2) is 12.3 Å². The standard InChI is InChI=1S/C4H7N.C4H6O6/c1-2-4-5-3-1;5-1(3(7)8)2(6)4(9)10/h1,3,5H,2,4H2;1-2,5-6H,(H,7,8)(H,9,10). The zero-order valence-electron chi connectivity index (χ0n) is 7.83. The molecule has 2 atom stereocenters. The van der Waals surface area contributed by atoms with Gasteiger partial charge in [-0.1, -0.05) is 6.08 Å². The van der Waals surface area contributed by atoms with Gasteiger partial charge >= 0.3 is 11.9 Å². The summed E-state index contributed by atoms with van der Waals surface area (Å²) in [7, 11) is 0. The van der Waals surface area contributed by atoms with E-state index in [1.165, 1.54) is 6.42 Å². The number of hydrogen-bond acceptors (Lipinski definition) is 5. The molecule has 0 aromatic carbocycles. The lowest BCUT2D eigenvalue weighted by Crippen LogP contribution is -2.39. The molecule has 1 aliphatic heterocycles. The van der Waals surface area contributed by atoms with E-state index in [9.17, 15) is 9.59 Å². The molecule has 1 aliphatic rings. The number of hydrogen-bond donors (Lipinski definition) is 5. The van der Waals surface area contributed by atoms with E-state index in [-0.39, 0.29) is 0 Å². The number of nitrogens with one attached hydrogen (secondary N) is 1. The predicted octanol–water partition coefficient (Wildman–Crippen LogP) is -1.63. The molecule has 0 saturated carbocycles. The SMILES string of the molecule is C1=CNCC1.O=C(O)C(O)C(O)C(=O)O. The lowest BCUT2D eigenvalue weighted by Gasteiger charge is -2.07. The van der Waals surface area contributed by atoms with Crippen molar-refractivity contribution >= 4 is 11.9 Å². The van der Waals surface area contributed by atoms with E-state index in [0.717, 1.165) is 6.54 Å². The highest BCUT2D eigenvalue weighted by Gasteiger charge is 2.29. The number of carbonyl (C=O) groups is 2. The fourth-order valence-electron chi connectivity index (χ4n) is 0.687. The molecule has 0 fully saturated rings. The minimum absolute atomic E-state index is 1.14. The van der Waals surface area contributed by atoms with Crippen LogP contribution >= 0.6 is 0 Å². The van der Waals surface area contributed by atoms with Gasteiger partial charge in [0.05, 0.1) is 0 Å². The number of rotatable bonds is 3. The van der Waals surface area contributed by atoms with Crippen molar-refractivity contribution in [2.45, 2.75) is 18.6 Å². The maximum atomic E-state index is 9.77. The first-order chi connectivity index (χ1) is 6.96. The lowest BCUT2D eigenvalue weighted by atomic mass is 10.2. The van der Waals surface area contributed by atoms with Crippen LogP contribution in [0.25, 0.3) is 0 Å². The van der Waals surface area contributed by atoms with Crippen LogP contribution in [0.1, 0.15) is 6.42 Å². The van der Waals surface area contributed by atoms with E-state index in [4.69, 9.17) is 20.4 Å². The third kappa shape index (κ3) is 5.66. The molecule has 0 bridgehead atoms. The van der Waals surface area contributed by atoms with Gasteiger partial charge < -0.3 is 25.7 Å². The first-order valence-electron chi connectivity index (χ1n) is 4.17. The molecule has 2 unspecified atom stereocenters. The van der Waals surface area contributed by atoms with Crippen molar-refractivity contribution in [3.8, 4) is 0 Å². The van der Waals surface area contributed by atoms with Gasteiger partial charge in [-0.3, -0.25) is 0 Å². The molecule has 86 valence electrons. The van der Waals surface area contributed by atoms with Crippen molar-refractivity contribution in [1.82, 2.24) is 5.32 Å². The molecule has 7 heteroatoms. The Labute approximate surface area is 85.7 Å². The van der Waals surface area contributed by atoms with Crippen molar-refractivity contribution in [1.29, 1.82) is 0 Å². The average Bonchev–Trinajstić information content (AvgIpc) is 2.73. The fourth-order valence-corrected chi connectivity index (χ4v) is 0.687. The second kappa shape index (κ2) is 6.80. The van der Waals surface area contributed by atoms with E-state index in [1.807, 2.05) is 6.20 Å². The number of carboxylic acids is 2. The maximum absolute atomic E-state index is 9.77. The quantitative estimate of drug-likeness (QED) is 0.385. The smallest absolute Gasteiger partial charge is 0.335 e. The predicted molar refractivity (Wildman–Crippen MR) is 49.0 cm³/mol. The van der Waals surface area contributed by atoms with Crippen molar-refractivity contribution in [2.24, 2.45) is 0 Å². The average molecular weight is 219 g/mol. The largest absolute Gasteiger partial charge is 0.479 e. The molecule has 5 N–H and O–H groups in total. The van der Waals surface area contributed by atoms with Crippen LogP contribution in [0.3, 0.4) is 0 Å². The van der Waals surface area contributed by atoms with Gasteiger partial charge in [-0.2, -0.15) is 0 Å². The summed E-state index contributed by atoms with van der Waals surface area (Å²) in [6.07, 6.45) is 0.787. The summed E-state index contributed by atoms with van der Waals surface area (Å²) in [5.74, 6) is -3.54. The summed E-state index contributed by atoms with van der Waals surface area (Å²) in [4.78, 5) is 19.5. The van der Waals surface area contributed by atoms with Crippen molar-refractivity contribution in [3.05, 3.63) is 12.3 Å². The summed E-state index contributed by atoms with van der Waals surface area (Å²) in [6, 6.07) is 0. The van der Waals surface area contributed by atoms with Crippen molar-refractivity contribution in [2.75, 3.05) is 6.54 Å². The summed E-state index contributed by atoms with van der Waals surface area (Å²) in [6.45, 7) is 1.14. The third-order valence-electron chi connectivity index (χ3n) is 1.50. The van der Waals surface area contributed by atoms with Gasteiger partial charge in [-0.15, -0.1) is 0 Å². The van der Waals surface area contributed by atoms with Gasteiger partial charge in [0.2, 0.25) is 0 Å². The van der Waals surface area contributed by atoms with Crippen LogP contribution in [-0.2, 0) is 9.59 Å². The Kier molecular flexibility index (Phi) is 6.07. The monoisotopic (exact) mass is 219 g/mol. The molecule has 0 spiro atoms. The van der Waals surface area contributed by atoms with E-state index < -0.39 is 24.1 Å². The Bertz CT molecular complexity index is 228. The molecule has 0 aliphatic carbocycles. The van der Waals surface area contributed by atoms with Gasteiger partial charge in [0.15, 0.2) is 12.2 Å². The van der Waals surface area contributed by atoms with Crippen LogP contribution in [0, 0.1) is 0 Å². The Hall–Kier alpha value is -1.60. The molecule has 0 aromatic heterocycles. The second-order valence-electron chi connectivity index (χ2n) is 2.71. The molecular formula is C8H13NO6. The Morgan fingerprint density at radius 1 is 1.13 bits per heavy atom. The molecule has 15 heavy (non-hydrogen) atoms. The van der Waals surface area contributed by atoms with Crippen LogP contribution in [0.2, 0.25) is 0 Å². The maximum Gasteiger partial charge on any atom is 0.335 e. The third-order valence-corrected chi connectivity index (χ3v) is 1.50. The summed E-state index contributed by atoms with van der Waals surface area (Å²) in [5.41, 5.74) is 0. The molecule has 1 heterocycles. The lowest BCUT2D eigenvalue weighted by molar-refractivity contribution is -0.165. The summed E-state index contributed by atoms with van der Waals surface area (Å²) < 4.78 is 0. The number of aliphatic carboxylic acids is 2. The number of aliphatic hydroxyl groups is 2. The van der Waals surface area contributed by atoms with Gasteiger partial charge in [0.25, 0.3) is 0 Å². The highest BCUT2D eigenvalue weighted by molar-refractivity contribution is 5.83. The molecule has 0 radical (unpaired) electrons. The Morgan fingerprint density at radius 2 is 1.60 bits per heavy atom. The van der Waals surface area contributed by atoms with Gasteiger partial charge in [0, 0.05) is 6.54 Å². The topological polar surface area (TPSA) is 127 Å². The van der Waals surface area contributed by atoms with E-state index in [0.29, 0.717) is 0 Å². The minimum Gasteiger partial charge on any atom is -0.479 e. The normalized spacial score (nSPS) is 16.9. The zero-order valence-corrected chi connectivity index (χ0v) is 7.83. The van der Waals surface area contributed by atoms with Crippen LogP contribution in [0.4, 0.5) is 0 Å². The number of carboxylic acid groups (broad SMARTS) is 2. The van der Waals surface area contributed by atoms with Gasteiger partial charge in [-0.25, -0.2) is 9.59 Å². The fraction of sp³-hybridized carbons (Fsp3) is 0.500. The molecule has 7 nitrogen and oxygen atoms in total. The zero-order chi connectivity index (χ0) is 11.8. The Balaban J connectivity index is 0.000000322. The van der Waals surface area contributed by atoms with Crippen LogP contribution < -0.4 is 5.32 Å². The van der Waals surface area contributed by atoms with Gasteiger partial charge in [-0.05, 0) is 12.6 Å². The van der Waals surface area contributed by atoms with E-state index in [1.54, 1.807) is 0 Å². The van der Waals surface area contributed by atoms with E-state index >= 15 is 0 Å². The highest BCUT2D eigenvalue weighted by Crippen LogP contribution is 1.92. The molecular weight excluding hydrogens is 206 g/mol. The van der Waals surface area contributed by atoms with E-state index in [2.05, 4.69) is 11.4 Å². The van der Waals surface area contributed by atoms with Crippen LogP contribution in [-0.4, -0.2) is 51.1 Å². The first-order valence-corrected chi connectivity index (χ1v) is 4.17. The van der Waals surface area contributed by atoms with Gasteiger partial charge in [0.1, 0.15) is 0 Å². The summed E-state index contributed by atoms with van der Waals surface area (Å²) >= 11 is 0. The molecule has 0 amide bonds. The molecule has 0 aromatic rings. The van der Waals surface area contributed by atoms with Crippen molar-refractivity contribution in [3.63, 3.8) is 0 Å². The highest BCUT2D eigenvalue weighted by atomic mass is 16.4. The Morgan fingerprint density at radius 3 is 1.73 bits per heavy atom. The second-order valence-corrected chi connectivity index (χ2v) is 2.71. The minimum atomic E-state index is -2.27.